The molecule has 0 spiro atoms. The number of para-hydroxylation sites is 4. The number of rotatable bonds is 5. The zero-order chi connectivity index (χ0) is 20.3. The van der Waals surface area contributed by atoms with Crippen LogP contribution < -0.4 is 15.4 Å². The second kappa shape index (κ2) is 11.0. The first kappa shape index (κ1) is 24.2. The third-order valence-corrected chi connectivity index (χ3v) is 6.44. The molecule has 0 bridgehead atoms. The number of nitrogen functional groups attached to an aromatic ring is 1. The molecule has 0 saturated carbocycles. The summed E-state index contributed by atoms with van der Waals surface area (Å²) in [6, 6.07) is 25.8. The number of likely N-dealkylation sites (tertiary alicyclic amines) is 1. The number of nitrogens with two attached hydrogens (primary N) is 1. The van der Waals surface area contributed by atoms with Gasteiger partial charge in [-0.15, -0.1) is 24.8 Å². The van der Waals surface area contributed by atoms with Crippen LogP contribution in [0.5, 0.6) is 5.75 Å². The Labute approximate surface area is 203 Å². The second-order valence-corrected chi connectivity index (χ2v) is 8.28. The number of benzene rings is 3. The van der Waals surface area contributed by atoms with Crippen LogP contribution in [-0.4, -0.2) is 30.6 Å². The van der Waals surface area contributed by atoms with Crippen LogP contribution in [0.4, 0.5) is 17.1 Å². The van der Waals surface area contributed by atoms with Crippen LogP contribution in [0.3, 0.4) is 0 Å². The molecule has 0 aromatic heterocycles. The Morgan fingerprint density at radius 1 is 0.875 bits per heavy atom. The van der Waals surface area contributed by atoms with E-state index in [1.165, 1.54) is 35.3 Å². The SMILES string of the molecule is Cl.Cl.Nc1ccccc1CCN1CCCC1CN1c2ccccc2COc2ccccc21. The molecule has 32 heavy (non-hydrogen) atoms. The molecule has 0 radical (unpaired) electrons. The molecule has 1 saturated heterocycles. The standard InChI is InChI=1S/C26H29N3O.2ClH/c27-23-11-3-1-8-20(23)15-17-28-16-7-10-22(28)18-29-24-12-4-2-9-21(24)19-30-26-14-6-5-13-25(26)29;;/h1-6,8-9,11-14,22H,7,10,15-19,27H2;2*1H. The zero-order valence-corrected chi connectivity index (χ0v) is 19.8. The number of anilines is 3. The van der Waals surface area contributed by atoms with Gasteiger partial charge in [-0.3, -0.25) is 4.90 Å². The van der Waals surface area contributed by atoms with Crippen molar-refractivity contribution in [2.45, 2.75) is 31.9 Å². The van der Waals surface area contributed by atoms with Crippen molar-refractivity contribution < 1.29 is 4.74 Å². The van der Waals surface area contributed by atoms with Crippen molar-refractivity contribution in [1.82, 2.24) is 4.90 Å². The molecule has 3 aromatic carbocycles. The summed E-state index contributed by atoms with van der Waals surface area (Å²) in [6.07, 6.45) is 3.48. The molecule has 2 N–H and O–H groups in total. The van der Waals surface area contributed by atoms with E-state index in [1.54, 1.807) is 0 Å². The minimum atomic E-state index is 0. The largest absolute Gasteiger partial charge is 0.487 e. The van der Waals surface area contributed by atoms with Crippen LogP contribution in [0.15, 0.2) is 72.8 Å². The van der Waals surface area contributed by atoms with Crippen molar-refractivity contribution in [3.63, 3.8) is 0 Å². The van der Waals surface area contributed by atoms with Gasteiger partial charge in [-0.05, 0) is 55.6 Å². The van der Waals surface area contributed by atoms with Gasteiger partial charge >= 0.3 is 0 Å². The minimum Gasteiger partial charge on any atom is -0.487 e. The topological polar surface area (TPSA) is 41.7 Å². The number of ether oxygens (including phenoxy) is 1. The summed E-state index contributed by atoms with van der Waals surface area (Å²) in [6.45, 7) is 3.80. The van der Waals surface area contributed by atoms with Crippen LogP contribution >= 0.6 is 24.8 Å². The highest BCUT2D eigenvalue weighted by Gasteiger charge is 2.29. The highest BCUT2D eigenvalue weighted by Crippen LogP contribution is 2.40. The lowest BCUT2D eigenvalue weighted by molar-refractivity contribution is 0.261. The molecule has 2 heterocycles. The van der Waals surface area contributed by atoms with Gasteiger partial charge in [-0.25, -0.2) is 0 Å². The molecule has 5 rings (SSSR count). The number of fused-ring (bicyclic) bond motifs is 2. The quantitative estimate of drug-likeness (QED) is 0.473. The summed E-state index contributed by atoms with van der Waals surface area (Å²) in [5.74, 6) is 0.968. The lowest BCUT2D eigenvalue weighted by Gasteiger charge is -2.32. The Balaban J connectivity index is 0.00000144. The van der Waals surface area contributed by atoms with E-state index < -0.39 is 0 Å². The van der Waals surface area contributed by atoms with Crippen LogP contribution in [-0.2, 0) is 13.0 Å². The number of halogens is 2. The molecular formula is C26H31Cl2N3O. The highest BCUT2D eigenvalue weighted by molar-refractivity contribution is 5.85. The highest BCUT2D eigenvalue weighted by atomic mass is 35.5. The molecule has 2 aliphatic rings. The van der Waals surface area contributed by atoms with E-state index in [0.717, 1.165) is 37.5 Å². The average molecular weight is 472 g/mol. The second-order valence-electron chi connectivity index (χ2n) is 8.28. The predicted molar refractivity (Wildman–Crippen MR) is 138 cm³/mol. The Hall–Kier alpha value is -2.40. The van der Waals surface area contributed by atoms with Crippen molar-refractivity contribution in [2.75, 3.05) is 30.3 Å². The molecule has 4 nitrogen and oxygen atoms in total. The third kappa shape index (κ3) is 4.98. The van der Waals surface area contributed by atoms with Crippen LogP contribution in [0.1, 0.15) is 24.0 Å². The van der Waals surface area contributed by atoms with Gasteiger partial charge in [-0.2, -0.15) is 0 Å². The third-order valence-electron chi connectivity index (χ3n) is 6.44. The molecule has 2 aliphatic heterocycles. The van der Waals surface area contributed by atoms with E-state index in [1.807, 2.05) is 12.1 Å². The molecule has 1 fully saturated rings. The van der Waals surface area contributed by atoms with Gasteiger partial charge in [0.15, 0.2) is 0 Å². The van der Waals surface area contributed by atoms with Gasteiger partial charge in [0.1, 0.15) is 12.4 Å². The van der Waals surface area contributed by atoms with E-state index >= 15 is 0 Å². The van der Waals surface area contributed by atoms with Gasteiger partial charge in [0.05, 0.1) is 5.69 Å². The van der Waals surface area contributed by atoms with Crippen LogP contribution in [0.2, 0.25) is 0 Å². The van der Waals surface area contributed by atoms with Crippen molar-refractivity contribution in [2.24, 2.45) is 0 Å². The summed E-state index contributed by atoms with van der Waals surface area (Å²) < 4.78 is 6.15. The maximum Gasteiger partial charge on any atom is 0.143 e. The molecule has 170 valence electrons. The van der Waals surface area contributed by atoms with Gasteiger partial charge in [0.25, 0.3) is 0 Å². The Bertz CT molecular complexity index is 982. The predicted octanol–water partition coefficient (Wildman–Crippen LogP) is 5.85. The number of hydrogen-bond donors (Lipinski definition) is 1. The van der Waals surface area contributed by atoms with Crippen LogP contribution in [0, 0.1) is 0 Å². The van der Waals surface area contributed by atoms with Crippen molar-refractivity contribution in [1.29, 1.82) is 0 Å². The van der Waals surface area contributed by atoms with E-state index in [9.17, 15) is 0 Å². The van der Waals surface area contributed by atoms with Gasteiger partial charge in [0.2, 0.25) is 0 Å². The molecular weight excluding hydrogens is 441 g/mol. The van der Waals surface area contributed by atoms with E-state index in [-0.39, 0.29) is 24.8 Å². The molecule has 1 unspecified atom stereocenters. The lowest BCUT2D eigenvalue weighted by Crippen LogP contribution is -2.39. The van der Waals surface area contributed by atoms with Crippen molar-refractivity contribution in [3.05, 3.63) is 83.9 Å². The fourth-order valence-electron chi connectivity index (χ4n) is 4.81. The van der Waals surface area contributed by atoms with Gasteiger partial charge in [-0.1, -0.05) is 48.5 Å². The fourth-order valence-corrected chi connectivity index (χ4v) is 4.81. The summed E-state index contributed by atoms with van der Waals surface area (Å²) >= 11 is 0. The Kier molecular flexibility index (Phi) is 8.30. The monoisotopic (exact) mass is 471 g/mol. The Morgan fingerprint density at radius 2 is 1.59 bits per heavy atom. The summed E-state index contributed by atoms with van der Waals surface area (Å²) in [5.41, 5.74) is 12.0. The average Bonchev–Trinajstić information content (AvgIpc) is 3.16. The molecule has 0 amide bonds. The van der Waals surface area contributed by atoms with E-state index in [0.29, 0.717) is 12.6 Å². The van der Waals surface area contributed by atoms with Gasteiger partial charge < -0.3 is 15.4 Å². The molecule has 3 aromatic rings. The first-order valence-electron chi connectivity index (χ1n) is 10.9. The first-order chi connectivity index (χ1) is 14.8. The molecule has 1 atom stereocenters. The van der Waals surface area contributed by atoms with E-state index in [4.69, 9.17) is 10.5 Å². The number of nitrogens with zero attached hydrogens (tertiary/aromatic N) is 2. The van der Waals surface area contributed by atoms with Gasteiger partial charge in [0, 0.05) is 36.1 Å². The fraction of sp³-hybridized carbons (Fsp3) is 0.308. The first-order valence-corrected chi connectivity index (χ1v) is 10.9. The minimum absolute atomic E-state index is 0. The Morgan fingerprint density at radius 3 is 2.44 bits per heavy atom. The van der Waals surface area contributed by atoms with Crippen molar-refractivity contribution in [3.8, 4) is 5.75 Å². The molecule has 6 heteroatoms. The van der Waals surface area contributed by atoms with Crippen molar-refractivity contribution >= 4 is 41.9 Å². The summed E-state index contributed by atoms with van der Waals surface area (Å²) in [4.78, 5) is 5.11. The van der Waals surface area contributed by atoms with E-state index in [2.05, 4.69) is 70.5 Å². The zero-order valence-electron chi connectivity index (χ0n) is 18.2. The normalized spacial score (nSPS) is 17.2. The van der Waals surface area contributed by atoms with Crippen LogP contribution in [0.25, 0.3) is 0 Å². The number of hydrogen-bond acceptors (Lipinski definition) is 4. The summed E-state index contributed by atoms with van der Waals surface area (Å²) in [7, 11) is 0. The lowest BCUT2D eigenvalue weighted by atomic mass is 10.1. The summed E-state index contributed by atoms with van der Waals surface area (Å²) in [5, 5.41) is 0. The maximum absolute atomic E-state index is 6.17. The maximum atomic E-state index is 6.17. The molecule has 0 aliphatic carbocycles. The smallest absolute Gasteiger partial charge is 0.143 e.